The van der Waals surface area contributed by atoms with E-state index in [1.165, 1.54) is 25.1 Å². The number of benzene rings is 2. The number of aryl methyl sites for hydroxylation is 2. The van der Waals surface area contributed by atoms with E-state index >= 15 is 0 Å². The SMILES string of the molecule is CNC(=O)c1nnc(NC(=O)CNC(=O)COCCOCCOCCOCCOCC(=O)N[C@H](C(=O)N2C[C@H](O)C[C@H]2C(=O)NCc2ccc(-c3scnc3C)cc2)C(C)(C)C)cc1Nc1cccc(-c2ncn(C)n2)c1OC. The zero-order valence-electron chi connectivity index (χ0n) is 45.3. The summed E-state index contributed by atoms with van der Waals surface area (Å²) in [6.45, 7) is 8.17. The first-order valence-electron chi connectivity index (χ1n) is 25.4. The third kappa shape index (κ3) is 18.3. The molecule has 79 heavy (non-hydrogen) atoms. The van der Waals surface area contributed by atoms with Gasteiger partial charge in [-0.15, -0.1) is 21.5 Å². The third-order valence-electron chi connectivity index (χ3n) is 11.9. The normalized spacial score (nSPS) is 14.6. The molecule has 1 saturated heterocycles. The maximum atomic E-state index is 13.9. The number of rotatable bonds is 30. The molecule has 7 N–H and O–H groups in total. The van der Waals surface area contributed by atoms with Crippen molar-refractivity contribution in [3.05, 3.63) is 77.3 Å². The molecule has 27 heteroatoms. The lowest BCUT2D eigenvalue weighted by Gasteiger charge is -2.35. The van der Waals surface area contributed by atoms with Gasteiger partial charge in [0.1, 0.15) is 31.6 Å². The molecule has 2 aromatic carbocycles. The lowest BCUT2D eigenvalue weighted by Crippen LogP contribution is -2.58. The molecule has 0 unspecified atom stereocenters. The maximum absolute atomic E-state index is 13.9. The number of hydrogen-bond donors (Lipinski definition) is 7. The van der Waals surface area contributed by atoms with Crippen LogP contribution < -0.4 is 36.6 Å². The van der Waals surface area contributed by atoms with Crippen molar-refractivity contribution in [1.29, 1.82) is 0 Å². The lowest BCUT2D eigenvalue weighted by molar-refractivity contribution is -0.144. The van der Waals surface area contributed by atoms with Gasteiger partial charge in [-0.2, -0.15) is 5.10 Å². The summed E-state index contributed by atoms with van der Waals surface area (Å²) in [6.07, 6.45) is 0.732. The fourth-order valence-electron chi connectivity index (χ4n) is 7.98. The topological polar surface area (TPSA) is 323 Å². The van der Waals surface area contributed by atoms with Crippen LogP contribution in [-0.4, -0.2) is 187 Å². The van der Waals surface area contributed by atoms with Crippen LogP contribution in [0.15, 0.2) is 60.4 Å². The average molecular weight is 1120 g/mol. The van der Waals surface area contributed by atoms with Crippen LogP contribution in [0.4, 0.5) is 17.2 Å². The second-order valence-electron chi connectivity index (χ2n) is 19.0. The summed E-state index contributed by atoms with van der Waals surface area (Å²) in [7, 11) is 4.67. The molecule has 0 radical (unpaired) electrons. The standard InChI is InChI=1S/C52H69N13O13S/c1-32-46(79-31-57-32)34-13-11-33(12-14-34)25-55-49(70)39-23-35(66)27-65(39)51(72)47(52(2,3)4)60-43(69)29-78-22-20-76-18-16-74-15-17-75-19-21-77-28-42(68)54-26-41(67)59-40-24-38(44(62-61-40)50(71)53-5)58-37-10-8-9-36(45(37)73-7)48-56-30-64(6)63-48/h8-14,24,30-31,35,39,47,66H,15-23,25-29H2,1-7H3,(H,53,71)(H,54,68)(H,55,70)(H,60,69)(H2,58,59,61,67)/t35-,39+,47-/m1/s1. The quantitative estimate of drug-likeness (QED) is 0.0322. The zero-order chi connectivity index (χ0) is 56.9. The smallest absolute Gasteiger partial charge is 0.273 e. The summed E-state index contributed by atoms with van der Waals surface area (Å²) in [4.78, 5) is 89.1. The molecule has 0 bridgehead atoms. The molecule has 0 saturated carbocycles. The summed E-state index contributed by atoms with van der Waals surface area (Å²) < 4.78 is 34.6. The second-order valence-corrected chi connectivity index (χ2v) is 19.9. The predicted molar refractivity (Wildman–Crippen MR) is 289 cm³/mol. The Morgan fingerprint density at radius 3 is 2.08 bits per heavy atom. The molecule has 1 aliphatic rings. The summed E-state index contributed by atoms with van der Waals surface area (Å²) >= 11 is 1.56. The van der Waals surface area contributed by atoms with Crippen LogP contribution in [0.5, 0.6) is 5.75 Å². The van der Waals surface area contributed by atoms with Crippen LogP contribution in [0.25, 0.3) is 21.8 Å². The fourth-order valence-corrected chi connectivity index (χ4v) is 8.79. The highest BCUT2D eigenvalue weighted by Gasteiger charge is 2.44. The second kappa shape index (κ2) is 30.0. The van der Waals surface area contributed by atoms with Gasteiger partial charge in [0.05, 0.1) is 106 Å². The van der Waals surface area contributed by atoms with Crippen molar-refractivity contribution in [2.75, 3.05) is 104 Å². The molecule has 0 spiro atoms. The Labute approximate surface area is 461 Å². The molecule has 426 valence electrons. The molecule has 6 rings (SSSR count). The zero-order valence-corrected chi connectivity index (χ0v) is 46.1. The highest BCUT2D eigenvalue weighted by Crippen LogP contribution is 2.37. The van der Waals surface area contributed by atoms with E-state index in [0.717, 1.165) is 21.7 Å². The molecule has 3 aromatic heterocycles. The number of nitrogens with zero attached hydrogens (tertiary/aromatic N) is 7. The number of para-hydroxylation sites is 1. The fraction of sp³-hybridized carbons (Fsp3) is 0.481. The first kappa shape index (κ1) is 60.7. The van der Waals surface area contributed by atoms with Crippen molar-refractivity contribution in [3.8, 4) is 27.6 Å². The number of thiazole rings is 1. The van der Waals surface area contributed by atoms with E-state index in [0.29, 0.717) is 22.8 Å². The molecule has 1 fully saturated rings. The van der Waals surface area contributed by atoms with Gasteiger partial charge < -0.3 is 70.3 Å². The van der Waals surface area contributed by atoms with Gasteiger partial charge in [-0.25, -0.2) is 9.97 Å². The van der Waals surface area contributed by atoms with Crippen LogP contribution in [0.2, 0.25) is 0 Å². The minimum absolute atomic E-state index is 0.00584. The van der Waals surface area contributed by atoms with Gasteiger partial charge >= 0.3 is 0 Å². The number of aliphatic hydroxyl groups is 1. The van der Waals surface area contributed by atoms with E-state index in [9.17, 15) is 33.9 Å². The Hall–Kier alpha value is -7.53. The van der Waals surface area contributed by atoms with Crippen molar-refractivity contribution >= 4 is 64.0 Å². The van der Waals surface area contributed by atoms with E-state index in [2.05, 4.69) is 57.2 Å². The Bertz CT molecular complexity index is 2840. The first-order valence-corrected chi connectivity index (χ1v) is 26.2. The number of carbonyl (C=O) groups is 6. The van der Waals surface area contributed by atoms with Crippen LogP contribution in [-0.2, 0) is 61.2 Å². The number of β-amino-alcohol motifs (C(OH)–C–C–N with tert-alkyl or cyclic N) is 1. The number of methoxy groups -OCH3 is 1. The van der Waals surface area contributed by atoms with E-state index in [4.69, 9.17) is 28.4 Å². The Morgan fingerprint density at radius 1 is 0.823 bits per heavy atom. The molecule has 6 amide bonds. The van der Waals surface area contributed by atoms with Crippen LogP contribution in [0.3, 0.4) is 0 Å². The van der Waals surface area contributed by atoms with Gasteiger partial charge in [0.2, 0.25) is 29.5 Å². The van der Waals surface area contributed by atoms with Crippen LogP contribution >= 0.6 is 11.3 Å². The summed E-state index contributed by atoms with van der Waals surface area (Å²) in [5.74, 6) is -2.24. The number of ether oxygens (including phenoxy) is 6. The number of amides is 6. The lowest BCUT2D eigenvalue weighted by atomic mass is 9.85. The monoisotopic (exact) mass is 1120 g/mol. The highest BCUT2D eigenvalue weighted by atomic mass is 32.1. The Morgan fingerprint density at radius 2 is 1.48 bits per heavy atom. The number of nitrogens with one attached hydrogen (secondary N) is 6. The third-order valence-corrected chi connectivity index (χ3v) is 12.9. The minimum Gasteiger partial charge on any atom is -0.494 e. The minimum atomic E-state index is -0.997. The number of aliphatic hydroxyl groups excluding tert-OH is 1. The summed E-state index contributed by atoms with van der Waals surface area (Å²) in [5.41, 5.74) is 5.13. The molecule has 3 atom stereocenters. The van der Waals surface area contributed by atoms with E-state index in [-0.39, 0.29) is 103 Å². The summed E-state index contributed by atoms with van der Waals surface area (Å²) in [5, 5.41) is 39.2. The Balaban J connectivity index is 0.787. The molecule has 26 nitrogen and oxygen atoms in total. The van der Waals surface area contributed by atoms with E-state index in [1.54, 1.807) is 73.9 Å². The molecule has 5 aromatic rings. The number of likely N-dealkylation sites (tertiary alicyclic amines) is 1. The molecule has 0 aliphatic carbocycles. The number of aromatic nitrogens is 6. The number of carbonyl (C=O) groups excluding carboxylic acids is 6. The first-order chi connectivity index (χ1) is 37.9. The van der Waals surface area contributed by atoms with Gasteiger partial charge in [0.15, 0.2) is 23.1 Å². The number of anilines is 3. The van der Waals surface area contributed by atoms with Gasteiger partial charge in [0, 0.05) is 39.7 Å². The highest BCUT2D eigenvalue weighted by molar-refractivity contribution is 7.13. The van der Waals surface area contributed by atoms with Crippen molar-refractivity contribution < 1.29 is 62.3 Å². The average Bonchev–Trinajstić information content (AvgIpc) is 4.22. The van der Waals surface area contributed by atoms with E-state index in [1.807, 2.05) is 31.2 Å². The van der Waals surface area contributed by atoms with Crippen molar-refractivity contribution in [1.82, 2.24) is 56.1 Å². The van der Waals surface area contributed by atoms with E-state index < -0.39 is 65.6 Å². The Kier molecular flexibility index (Phi) is 23.0. The van der Waals surface area contributed by atoms with Crippen LogP contribution in [0, 0.1) is 12.3 Å². The largest absolute Gasteiger partial charge is 0.494 e. The summed E-state index contributed by atoms with van der Waals surface area (Å²) in [6, 6.07) is 12.6. The molecular formula is C52H69N13O13S. The molecule has 4 heterocycles. The molecule has 1 aliphatic heterocycles. The maximum Gasteiger partial charge on any atom is 0.273 e. The molecular weight excluding hydrogens is 1050 g/mol. The van der Waals surface area contributed by atoms with Gasteiger partial charge in [-0.1, -0.05) is 51.1 Å². The van der Waals surface area contributed by atoms with Crippen molar-refractivity contribution in [3.63, 3.8) is 0 Å². The van der Waals surface area contributed by atoms with Gasteiger partial charge in [-0.05, 0) is 35.6 Å². The van der Waals surface area contributed by atoms with Crippen molar-refractivity contribution in [2.45, 2.75) is 58.8 Å². The van der Waals surface area contributed by atoms with Crippen molar-refractivity contribution in [2.24, 2.45) is 12.5 Å². The number of hydrogen-bond acceptors (Lipinski definition) is 20. The van der Waals surface area contributed by atoms with Gasteiger partial charge in [0.25, 0.3) is 5.91 Å². The van der Waals surface area contributed by atoms with Crippen LogP contribution in [0.1, 0.15) is 48.9 Å². The van der Waals surface area contributed by atoms with Gasteiger partial charge in [-0.3, -0.25) is 33.4 Å². The predicted octanol–water partition coefficient (Wildman–Crippen LogP) is 1.76.